The van der Waals surface area contributed by atoms with Crippen LogP contribution in [0, 0.1) is 11.8 Å². The Hall–Kier alpha value is -0.0800. The molecule has 2 fully saturated rings. The molecule has 2 saturated carbocycles. The fraction of sp³-hybridized carbons (Fsp3) is 1.00. The van der Waals surface area contributed by atoms with E-state index in [1.165, 1.54) is 51.4 Å². The van der Waals surface area contributed by atoms with Crippen LogP contribution in [0.25, 0.3) is 0 Å². The van der Waals surface area contributed by atoms with Crippen molar-refractivity contribution in [3.8, 4) is 0 Å². The molecule has 2 heteroatoms. The van der Waals surface area contributed by atoms with Gasteiger partial charge >= 0.3 is 0 Å². The summed E-state index contributed by atoms with van der Waals surface area (Å²) in [5.74, 6) is 1.74. The molecule has 0 radical (unpaired) electrons. The van der Waals surface area contributed by atoms with Crippen molar-refractivity contribution in [2.75, 3.05) is 13.7 Å². The molecule has 100 valence electrons. The second-order valence-corrected chi connectivity index (χ2v) is 6.14. The van der Waals surface area contributed by atoms with Gasteiger partial charge in [0.1, 0.15) is 0 Å². The lowest BCUT2D eigenvalue weighted by molar-refractivity contribution is 0.00842. The molecular weight excluding hydrogens is 210 g/mol. The Morgan fingerprint density at radius 1 is 1.12 bits per heavy atom. The number of hydrogen-bond acceptors (Lipinski definition) is 2. The molecule has 2 aliphatic rings. The Morgan fingerprint density at radius 3 is 2.71 bits per heavy atom. The average Bonchev–Trinajstić information content (AvgIpc) is 2.77. The molecule has 0 spiro atoms. The summed E-state index contributed by atoms with van der Waals surface area (Å²) in [4.78, 5) is 0. The molecule has 1 N–H and O–H groups in total. The van der Waals surface area contributed by atoms with Crippen molar-refractivity contribution in [2.24, 2.45) is 11.8 Å². The number of hydrogen-bond donors (Lipinski definition) is 1. The summed E-state index contributed by atoms with van der Waals surface area (Å²) >= 11 is 0. The molecule has 0 saturated heterocycles. The van der Waals surface area contributed by atoms with Crippen LogP contribution in [0.4, 0.5) is 0 Å². The molecule has 0 bridgehead atoms. The highest BCUT2D eigenvalue weighted by Gasteiger charge is 2.26. The van der Waals surface area contributed by atoms with Crippen LogP contribution in [0.3, 0.4) is 0 Å². The van der Waals surface area contributed by atoms with Gasteiger partial charge in [-0.15, -0.1) is 0 Å². The third-order valence-corrected chi connectivity index (χ3v) is 4.76. The quantitative estimate of drug-likeness (QED) is 0.794. The summed E-state index contributed by atoms with van der Waals surface area (Å²) in [5.41, 5.74) is 0. The van der Waals surface area contributed by atoms with E-state index in [1.807, 2.05) is 0 Å². The Kier molecular flexibility index (Phi) is 5.30. The van der Waals surface area contributed by atoms with Gasteiger partial charge in [-0.2, -0.15) is 0 Å². The monoisotopic (exact) mass is 239 g/mol. The molecule has 2 aliphatic carbocycles. The van der Waals surface area contributed by atoms with E-state index in [9.17, 15) is 0 Å². The maximum Gasteiger partial charge on any atom is 0.0577 e. The Morgan fingerprint density at radius 2 is 1.94 bits per heavy atom. The molecule has 0 aromatic heterocycles. The first-order valence-electron chi connectivity index (χ1n) is 7.58. The predicted molar refractivity (Wildman–Crippen MR) is 72.2 cm³/mol. The van der Waals surface area contributed by atoms with Crippen molar-refractivity contribution < 1.29 is 4.74 Å². The molecule has 0 amide bonds. The molecule has 2 rings (SSSR count). The van der Waals surface area contributed by atoms with Crippen molar-refractivity contribution in [3.63, 3.8) is 0 Å². The summed E-state index contributed by atoms with van der Waals surface area (Å²) in [6, 6.07) is 0.754. The average molecular weight is 239 g/mol. The van der Waals surface area contributed by atoms with Crippen LogP contribution in [-0.4, -0.2) is 25.8 Å². The lowest BCUT2D eigenvalue weighted by Crippen LogP contribution is -2.30. The smallest absolute Gasteiger partial charge is 0.0577 e. The molecular formula is C15H29NO. The zero-order chi connectivity index (χ0) is 12.1. The van der Waals surface area contributed by atoms with Crippen molar-refractivity contribution in [2.45, 2.75) is 70.4 Å². The molecule has 0 aliphatic heterocycles. The van der Waals surface area contributed by atoms with E-state index in [1.54, 1.807) is 0 Å². The fourth-order valence-electron chi connectivity index (χ4n) is 3.68. The van der Waals surface area contributed by atoms with Gasteiger partial charge < -0.3 is 10.1 Å². The highest BCUT2D eigenvalue weighted by atomic mass is 16.5. The summed E-state index contributed by atoms with van der Waals surface area (Å²) in [6.45, 7) is 3.35. The van der Waals surface area contributed by atoms with E-state index in [2.05, 4.69) is 19.3 Å². The van der Waals surface area contributed by atoms with E-state index in [0.717, 1.165) is 24.5 Å². The summed E-state index contributed by atoms with van der Waals surface area (Å²) in [6.07, 6.45) is 11.3. The van der Waals surface area contributed by atoms with Crippen LogP contribution in [0.5, 0.6) is 0 Å². The Bertz CT molecular complexity index is 219. The lowest BCUT2D eigenvalue weighted by Gasteiger charge is -2.27. The van der Waals surface area contributed by atoms with Crippen LogP contribution >= 0.6 is 0 Å². The number of nitrogens with one attached hydrogen (secondary N) is 1. The van der Waals surface area contributed by atoms with E-state index < -0.39 is 0 Å². The minimum absolute atomic E-state index is 0.563. The van der Waals surface area contributed by atoms with E-state index in [4.69, 9.17) is 4.74 Å². The lowest BCUT2D eigenvalue weighted by atomic mass is 9.88. The van der Waals surface area contributed by atoms with Gasteiger partial charge in [-0.25, -0.2) is 0 Å². The van der Waals surface area contributed by atoms with Crippen LogP contribution in [0.2, 0.25) is 0 Å². The summed E-state index contributed by atoms with van der Waals surface area (Å²) < 4.78 is 6.08. The second-order valence-electron chi connectivity index (χ2n) is 6.14. The van der Waals surface area contributed by atoms with Crippen molar-refractivity contribution in [3.05, 3.63) is 0 Å². The van der Waals surface area contributed by atoms with Crippen molar-refractivity contribution in [1.29, 1.82) is 0 Å². The number of rotatable bonds is 5. The third kappa shape index (κ3) is 3.96. The maximum absolute atomic E-state index is 6.08. The van der Waals surface area contributed by atoms with Crippen molar-refractivity contribution in [1.82, 2.24) is 5.32 Å². The van der Waals surface area contributed by atoms with Gasteiger partial charge in [0.2, 0.25) is 0 Å². The maximum atomic E-state index is 6.08. The van der Waals surface area contributed by atoms with Gasteiger partial charge in [0, 0.05) is 12.6 Å². The standard InChI is InChI=1S/C15H29NO/c1-12-5-3-7-14(11-12)17-10-9-13-6-4-8-15(13)16-2/h12-16H,3-11H2,1-2H3. The van der Waals surface area contributed by atoms with Crippen LogP contribution in [0.15, 0.2) is 0 Å². The zero-order valence-corrected chi connectivity index (χ0v) is 11.6. The van der Waals surface area contributed by atoms with Gasteiger partial charge in [-0.1, -0.05) is 26.2 Å². The normalized spacial score (nSPS) is 38.5. The van der Waals surface area contributed by atoms with Crippen LogP contribution < -0.4 is 5.32 Å². The SMILES string of the molecule is CNC1CCCC1CCOC1CCCC(C)C1. The molecule has 17 heavy (non-hydrogen) atoms. The van der Waals surface area contributed by atoms with Gasteiger partial charge in [0.05, 0.1) is 6.10 Å². The first kappa shape index (κ1) is 13.4. The molecule has 0 heterocycles. The highest BCUT2D eigenvalue weighted by molar-refractivity contribution is 4.82. The molecule has 4 unspecified atom stereocenters. The third-order valence-electron chi connectivity index (χ3n) is 4.76. The van der Waals surface area contributed by atoms with Gasteiger partial charge in [-0.3, -0.25) is 0 Å². The van der Waals surface area contributed by atoms with E-state index >= 15 is 0 Å². The Balaban J connectivity index is 1.62. The summed E-state index contributed by atoms with van der Waals surface area (Å²) in [5, 5.41) is 3.45. The zero-order valence-electron chi connectivity index (χ0n) is 11.6. The Labute approximate surface area is 107 Å². The van der Waals surface area contributed by atoms with E-state index in [-0.39, 0.29) is 0 Å². The molecule has 0 aromatic rings. The van der Waals surface area contributed by atoms with E-state index in [0.29, 0.717) is 6.10 Å². The molecule has 4 atom stereocenters. The first-order valence-corrected chi connectivity index (χ1v) is 7.58. The van der Waals surface area contributed by atoms with Crippen LogP contribution in [-0.2, 0) is 4.74 Å². The topological polar surface area (TPSA) is 21.3 Å². The molecule has 2 nitrogen and oxygen atoms in total. The van der Waals surface area contributed by atoms with Gasteiger partial charge in [-0.05, 0) is 51.0 Å². The minimum Gasteiger partial charge on any atom is -0.378 e. The first-order chi connectivity index (χ1) is 8.29. The van der Waals surface area contributed by atoms with Gasteiger partial charge in [0.25, 0.3) is 0 Å². The minimum atomic E-state index is 0.563. The fourth-order valence-corrected chi connectivity index (χ4v) is 3.68. The van der Waals surface area contributed by atoms with Crippen LogP contribution in [0.1, 0.15) is 58.3 Å². The van der Waals surface area contributed by atoms with Gasteiger partial charge in [0.15, 0.2) is 0 Å². The second kappa shape index (κ2) is 6.75. The van der Waals surface area contributed by atoms with Crippen molar-refractivity contribution >= 4 is 0 Å². The highest BCUT2D eigenvalue weighted by Crippen LogP contribution is 2.29. The predicted octanol–water partition coefficient (Wildman–Crippen LogP) is 3.36. The largest absolute Gasteiger partial charge is 0.378 e. The molecule has 0 aromatic carbocycles. The summed E-state index contributed by atoms with van der Waals surface area (Å²) in [7, 11) is 2.10. The number of ether oxygens (including phenoxy) is 1.